The van der Waals surface area contributed by atoms with Gasteiger partial charge < -0.3 is 10.1 Å². The van der Waals surface area contributed by atoms with Crippen LogP contribution in [0, 0.1) is 11.8 Å². The fourth-order valence-electron chi connectivity index (χ4n) is 4.40. The fourth-order valence-corrected chi connectivity index (χ4v) is 4.40. The third-order valence-corrected chi connectivity index (χ3v) is 6.07. The molecule has 1 N–H and O–H groups in total. The third-order valence-electron chi connectivity index (χ3n) is 6.07. The summed E-state index contributed by atoms with van der Waals surface area (Å²) in [6, 6.07) is 4.57. The third kappa shape index (κ3) is 2.62. The largest absolute Gasteiger partial charge is 0.495 e. The van der Waals surface area contributed by atoms with E-state index in [1.54, 1.807) is 7.11 Å². The first-order chi connectivity index (χ1) is 12.2. The molecule has 4 rings (SSSR count). The Morgan fingerprint density at radius 2 is 2.00 bits per heavy atom. The van der Waals surface area contributed by atoms with Crippen molar-refractivity contribution in [3.63, 3.8) is 0 Å². The lowest BCUT2D eigenvalue weighted by Crippen LogP contribution is -2.45. The van der Waals surface area contributed by atoms with Crippen molar-refractivity contribution < 1.29 is 4.74 Å². The summed E-state index contributed by atoms with van der Waals surface area (Å²) in [7, 11) is 3.71. The van der Waals surface area contributed by atoms with E-state index in [0.717, 1.165) is 35.9 Å². The van der Waals surface area contributed by atoms with Crippen LogP contribution in [0.2, 0.25) is 0 Å². The van der Waals surface area contributed by atoms with Crippen molar-refractivity contribution in [2.45, 2.75) is 50.5 Å². The zero-order valence-corrected chi connectivity index (χ0v) is 15.5. The highest BCUT2D eigenvalue weighted by Gasteiger charge is 2.48. The number of aliphatic imine (C=N–C) groups is 1. The number of likely N-dealkylation sites (N-methyl/N-ethyl adjacent to an activating group) is 1. The second kappa shape index (κ2) is 6.38. The van der Waals surface area contributed by atoms with Gasteiger partial charge in [-0.3, -0.25) is 4.90 Å². The van der Waals surface area contributed by atoms with Crippen LogP contribution in [0.5, 0.6) is 5.75 Å². The molecule has 2 aliphatic heterocycles. The van der Waals surface area contributed by atoms with Crippen LogP contribution in [0.4, 0.5) is 5.69 Å². The Kier molecular flexibility index (Phi) is 4.21. The lowest BCUT2D eigenvalue weighted by atomic mass is 9.64. The minimum absolute atomic E-state index is 0.0894. The Balaban J connectivity index is 1.67. The molecule has 132 valence electrons. The van der Waals surface area contributed by atoms with E-state index >= 15 is 0 Å². The number of rotatable bonds is 2. The lowest BCUT2D eigenvalue weighted by Gasteiger charge is -2.40. The lowest BCUT2D eigenvalue weighted by molar-refractivity contribution is 0.308. The summed E-state index contributed by atoms with van der Waals surface area (Å²) in [6.07, 6.45) is 6.17. The van der Waals surface area contributed by atoms with E-state index in [-0.39, 0.29) is 11.5 Å². The van der Waals surface area contributed by atoms with Crippen LogP contribution >= 0.6 is 0 Å². The van der Waals surface area contributed by atoms with Crippen LogP contribution in [-0.2, 0) is 5.41 Å². The summed E-state index contributed by atoms with van der Waals surface area (Å²) in [6.45, 7) is 4.52. The minimum atomic E-state index is 0.0894. The molecule has 4 heteroatoms. The molecule has 3 aliphatic rings. The monoisotopic (exact) mass is 337 g/mol. The van der Waals surface area contributed by atoms with Crippen LogP contribution in [-0.4, -0.2) is 44.0 Å². The second-order valence-electron chi connectivity index (χ2n) is 7.40. The van der Waals surface area contributed by atoms with Gasteiger partial charge in [0.2, 0.25) is 0 Å². The van der Waals surface area contributed by atoms with Gasteiger partial charge in [-0.15, -0.1) is 0 Å². The molecular weight excluding hydrogens is 310 g/mol. The smallest absolute Gasteiger partial charge is 0.134 e. The maximum absolute atomic E-state index is 5.67. The summed E-state index contributed by atoms with van der Waals surface area (Å²) in [5.41, 5.74) is 3.40. The summed E-state index contributed by atoms with van der Waals surface area (Å²) >= 11 is 0. The van der Waals surface area contributed by atoms with Crippen LogP contribution in [0.25, 0.3) is 0 Å². The molecular formula is C21H27N3O. The predicted molar refractivity (Wildman–Crippen MR) is 102 cm³/mol. The first-order valence-electron chi connectivity index (χ1n) is 9.43. The number of hydrogen-bond acceptors (Lipinski definition) is 4. The molecule has 1 atom stereocenters. The quantitative estimate of drug-likeness (QED) is 0.842. The molecule has 1 aliphatic carbocycles. The molecule has 0 amide bonds. The molecule has 2 heterocycles. The van der Waals surface area contributed by atoms with Crippen molar-refractivity contribution >= 4 is 11.5 Å². The van der Waals surface area contributed by atoms with Gasteiger partial charge in [0, 0.05) is 7.05 Å². The normalized spacial score (nSPS) is 21.8. The van der Waals surface area contributed by atoms with Crippen molar-refractivity contribution in [1.82, 2.24) is 10.2 Å². The molecule has 0 radical (unpaired) electrons. The Morgan fingerprint density at radius 3 is 2.60 bits per heavy atom. The van der Waals surface area contributed by atoms with Gasteiger partial charge in [0.15, 0.2) is 0 Å². The highest BCUT2D eigenvalue weighted by molar-refractivity contribution is 6.01. The molecule has 1 saturated carbocycles. The Bertz CT molecular complexity index is 761. The number of benzene rings is 1. The highest BCUT2D eigenvalue weighted by atomic mass is 16.5. The number of nitrogens with one attached hydrogen (secondary N) is 1. The SMILES string of the molecule is CNC1=Nc2cc(C#C[C@@H](C)N3CCCC3)c(OC)cc2C12CCC2. The van der Waals surface area contributed by atoms with E-state index in [1.807, 2.05) is 7.05 Å². The van der Waals surface area contributed by atoms with Gasteiger partial charge in [-0.1, -0.05) is 18.3 Å². The van der Waals surface area contributed by atoms with E-state index in [0.29, 0.717) is 0 Å². The molecule has 1 aromatic rings. The first kappa shape index (κ1) is 16.5. The molecule has 0 aromatic heterocycles. The average Bonchev–Trinajstić information content (AvgIpc) is 3.23. The van der Waals surface area contributed by atoms with Crippen molar-refractivity contribution in [1.29, 1.82) is 0 Å². The van der Waals surface area contributed by atoms with Crippen molar-refractivity contribution in [2.24, 2.45) is 4.99 Å². The standard InChI is InChI=1S/C21H27N3O/c1-15(24-11-4-5-12-24)7-8-16-13-18-17(14-19(16)25-3)21(9-6-10-21)20(22-2)23-18/h13-15H,4-6,9-12H2,1-3H3,(H,22,23)/t15-/m1/s1. The zero-order chi connectivity index (χ0) is 17.4. The summed E-state index contributed by atoms with van der Waals surface area (Å²) in [5, 5.41) is 3.31. The van der Waals surface area contributed by atoms with E-state index in [2.05, 4.69) is 41.1 Å². The number of ether oxygens (including phenoxy) is 1. The number of amidine groups is 1. The Hall–Kier alpha value is -1.99. The van der Waals surface area contributed by atoms with Gasteiger partial charge in [0.25, 0.3) is 0 Å². The fraction of sp³-hybridized carbons (Fsp3) is 0.571. The number of likely N-dealkylation sites (tertiary alicyclic amines) is 1. The zero-order valence-electron chi connectivity index (χ0n) is 15.5. The molecule has 25 heavy (non-hydrogen) atoms. The molecule has 2 fully saturated rings. The predicted octanol–water partition coefficient (Wildman–Crippen LogP) is 3.22. The van der Waals surface area contributed by atoms with Crippen LogP contribution < -0.4 is 10.1 Å². The number of nitrogens with zero attached hydrogens (tertiary/aromatic N) is 2. The maximum Gasteiger partial charge on any atom is 0.134 e. The van der Waals surface area contributed by atoms with Gasteiger partial charge in [-0.05, 0) is 63.4 Å². The van der Waals surface area contributed by atoms with Crippen molar-refractivity contribution in [3.05, 3.63) is 23.3 Å². The molecule has 4 nitrogen and oxygen atoms in total. The van der Waals surface area contributed by atoms with Crippen molar-refractivity contribution in [3.8, 4) is 17.6 Å². The van der Waals surface area contributed by atoms with Gasteiger partial charge in [-0.2, -0.15) is 0 Å². The summed E-state index contributed by atoms with van der Waals surface area (Å²) in [5.74, 6) is 8.75. The van der Waals surface area contributed by atoms with Crippen LogP contribution in [0.1, 0.15) is 50.2 Å². The van der Waals surface area contributed by atoms with E-state index in [4.69, 9.17) is 9.73 Å². The van der Waals surface area contributed by atoms with Crippen LogP contribution in [0.15, 0.2) is 17.1 Å². The number of methoxy groups -OCH3 is 1. The van der Waals surface area contributed by atoms with Gasteiger partial charge in [0.1, 0.15) is 11.6 Å². The summed E-state index contributed by atoms with van der Waals surface area (Å²) in [4.78, 5) is 7.31. The molecule has 0 unspecified atom stereocenters. The van der Waals surface area contributed by atoms with E-state index in [1.165, 1.54) is 37.7 Å². The molecule has 1 saturated heterocycles. The maximum atomic E-state index is 5.67. The summed E-state index contributed by atoms with van der Waals surface area (Å²) < 4.78 is 5.67. The molecule has 1 spiro atoms. The highest BCUT2D eigenvalue weighted by Crippen LogP contribution is 2.53. The van der Waals surface area contributed by atoms with Gasteiger partial charge in [-0.25, -0.2) is 4.99 Å². The number of fused-ring (bicyclic) bond motifs is 2. The van der Waals surface area contributed by atoms with E-state index in [9.17, 15) is 0 Å². The molecule has 1 aromatic carbocycles. The first-order valence-corrected chi connectivity index (χ1v) is 9.43. The van der Waals surface area contributed by atoms with Gasteiger partial charge >= 0.3 is 0 Å². The van der Waals surface area contributed by atoms with E-state index < -0.39 is 0 Å². The van der Waals surface area contributed by atoms with Crippen LogP contribution in [0.3, 0.4) is 0 Å². The van der Waals surface area contributed by atoms with Gasteiger partial charge in [0.05, 0.1) is 29.8 Å². The number of hydrogen-bond donors (Lipinski definition) is 1. The Labute approximate surface area is 150 Å². The molecule has 0 bridgehead atoms. The van der Waals surface area contributed by atoms with Crippen molar-refractivity contribution in [2.75, 3.05) is 27.2 Å². The Morgan fingerprint density at radius 1 is 1.24 bits per heavy atom. The second-order valence-corrected chi connectivity index (χ2v) is 7.40. The minimum Gasteiger partial charge on any atom is -0.495 e. The topological polar surface area (TPSA) is 36.9 Å². The average molecular weight is 337 g/mol.